The van der Waals surface area contributed by atoms with Crippen molar-refractivity contribution in [2.45, 2.75) is 11.6 Å². The van der Waals surface area contributed by atoms with Gasteiger partial charge in [0, 0.05) is 25.7 Å². The van der Waals surface area contributed by atoms with E-state index in [0.29, 0.717) is 5.82 Å². The van der Waals surface area contributed by atoms with E-state index in [-0.39, 0.29) is 0 Å². The minimum absolute atomic E-state index is 0.553. The SMILES string of the molecule is CSc1nc(N)cc(N2CCCN(C)CC2)n1. The fraction of sp³-hybridized carbons (Fsp3) is 0.636. The lowest BCUT2D eigenvalue weighted by Crippen LogP contribution is -2.29. The van der Waals surface area contributed by atoms with Gasteiger partial charge in [-0.2, -0.15) is 0 Å². The quantitative estimate of drug-likeness (QED) is 0.625. The standard InChI is InChI=1S/C11H19N5S/c1-15-4-3-5-16(7-6-15)10-8-9(12)13-11(14-10)17-2/h8H,3-7H2,1-2H3,(H2,12,13,14). The first-order valence-corrected chi connectivity index (χ1v) is 7.03. The Labute approximate surface area is 106 Å². The number of hydrogen-bond acceptors (Lipinski definition) is 6. The molecular formula is C11H19N5S. The molecule has 0 saturated carbocycles. The van der Waals surface area contributed by atoms with Gasteiger partial charge in [-0.05, 0) is 26.3 Å². The molecule has 0 amide bonds. The lowest BCUT2D eigenvalue weighted by molar-refractivity contribution is 0.360. The highest BCUT2D eigenvalue weighted by molar-refractivity contribution is 7.98. The Kier molecular flexibility index (Phi) is 4.06. The van der Waals surface area contributed by atoms with E-state index >= 15 is 0 Å². The molecule has 0 aliphatic carbocycles. The molecule has 17 heavy (non-hydrogen) atoms. The maximum Gasteiger partial charge on any atom is 0.191 e. The van der Waals surface area contributed by atoms with Gasteiger partial charge in [0.2, 0.25) is 0 Å². The van der Waals surface area contributed by atoms with Crippen LogP contribution in [0.5, 0.6) is 0 Å². The van der Waals surface area contributed by atoms with Gasteiger partial charge in [0.1, 0.15) is 11.6 Å². The van der Waals surface area contributed by atoms with Crippen LogP contribution in [0.2, 0.25) is 0 Å². The maximum absolute atomic E-state index is 5.81. The highest BCUT2D eigenvalue weighted by atomic mass is 32.2. The van der Waals surface area contributed by atoms with Crippen molar-refractivity contribution in [2.24, 2.45) is 0 Å². The number of rotatable bonds is 2. The van der Waals surface area contributed by atoms with E-state index in [1.54, 1.807) is 0 Å². The Morgan fingerprint density at radius 2 is 2.06 bits per heavy atom. The van der Waals surface area contributed by atoms with Crippen molar-refractivity contribution in [3.63, 3.8) is 0 Å². The van der Waals surface area contributed by atoms with Gasteiger partial charge in [0.25, 0.3) is 0 Å². The first kappa shape index (κ1) is 12.4. The van der Waals surface area contributed by atoms with Gasteiger partial charge in [-0.3, -0.25) is 0 Å². The highest BCUT2D eigenvalue weighted by Crippen LogP contribution is 2.19. The van der Waals surface area contributed by atoms with E-state index in [1.165, 1.54) is 11.8 Å². The molecule has 6 heteroatoms. The van der Waals surface area contributed by atoms with Crippen LogP contribution < -0.4 is 10.6 Å². The number of thioether (sulfide) groups is 1. The van der Waals surface area contributed by atoms with Crippen LogP contribution in [0.1, 0.15) is 6.42 Å². The summed E-state index contributed by atoms with van der Waals surface area (Å²) >= 11 is 1.53. The van der Waals surface area contributed by atoms with Gasteiger partial charge in [-0.15, -0.1) is 0 Å². The van der Waals surface area contributed by atoms with Crippen LogP contribution in [0.3, 0.4) is 0 Å². The molecule has 1 fully saturated rings. The molecule has 0 unspecified atom stereocenters. The number of aromatic nitrogens is 2. The molecule has 0 atom stereocenters. The number of nitrogens with zero attached hydrogens (tertiary/aromatic N) is 4. The van der Waals surface area contributed by atoms with Crippen molar-refractivity contribution in [1.29, 1.82) is 0 Å². The lowest BCUT2D eigenvalue weighted by Gasteiger charge is -2.22. The van der Waals surface area contributed by atoms with Gasteiger partial charge < -0.3 is 15.5 Å². The first-order valence-electron chi connectivity index (χ1n) is 5.81. The summed E-state index contributed by atoms with van der Waals surface area (Å²) in [6.45, 7) is 4.25. The smallest absolute Gasteiger partial charge is 0.191 e. The molecule has 1 aromatic heterocycles. The summed E-state index contributed by atoms with van der Waals surface area (Å²) in [6.07, 6.45) is 3.13. The molecule has 94 valence electrons. The summed E-state index contributed by atoms with van der Waals surface area (Å²) in [4.78, 5) is 13.3. The first-order chi connectivity index (χ1) is 8.19. The fourth-order valence-corrected chi connectivity index (χ4v) is 2.34. The number of nitrogens with two attached hydrogens (primary N) is 1. The van der Waals surface area contributed by atoms with Crippen LogP contribution in [-0.2, 0) is 0 Å². The summed E-state index contributed by atoms with van der Waals surface area (Å²) in [5.41, 5.74) is 5.81. The second kappa shape index (κ2) is 5.55. The molecule has 1 aliphatic rings. The molecule has 2 rings (SSSR count). The number of nitrogen functional groups attached to an aromatic ring is 1. The van der Waals surface area contributed by atoms with E-state index < -0.39 is 0 Å². The van der Waals surface area contributed by atoms with Crippen LogP contribution in [0.4, 0.5) is 11.6 Å². The van der Waals surface area contributed by atoms with Crippen molar-refractivity contribution in [2.75, 3.05) is 50.1 Å². The minimum Gasteiger partial charge on any atom is -0.383 e. The number of anilines is 2. The minimum atomic E-state index is 0.553. The zero-order valence-corrected chi connectivity index (χ0v) is 11.2. The average molecular weight is 253 g/mol. The third-order valence-corrected chi connectivity index (χ3v) is 3.49. The zero-order valence-electron chi connectivity index (χ0n) is 10.4. The Bertz CT molecular complexity index is 384. The van der Waals surface area contributed by atoms with Crippen molar-refractivity contribution >= 4 is 23.4 Å². The number of hydrogen-bond donors (Lipinski definition) is 1. The van der Waals surface area contributed by atoms with Crippen molar-refractivity contribution in [3.8, 4) is 0 Å². The Morgan fingerprint density at radius 1 is 1.24 bits per heavy atom. The van der Waals surface area contributed by atoms with E-state index in [1.807, 2.05) is 12.3 Å². The zero-order chi connectivity index (χ0) is 12.3. The molecule has 0 spiro atoms. The van der Waals surface area contributed by atoms with Crippen LogP contribution in [0.15, 0.2) is 11.2 Å². The molecule has 2 heterocycles. The summed E-state index contributed by atoms with van der Waals surface area (Å²) < 4.78 is 0. The summed E-state index contributed by atoms with van der Waals surface area (Å²) in [7, 11) is 2.16. The molecule has 1 aliphatic heterocycles. The second-order valence-electron chi connectivity index (χ2n) is 4.28. The lowest BCUT2D eigenvalue weighted by atomic mass is 10.4. The Hall–Kier alpha value is -1.01. The van der Waals surface area contributed by atoms with E-state index in [0.717, 1.165) is 43.6 Å². The van der Waals surface area contributed by atoms with Crippen molar-refractivity contribution in [3.05, 3.63) is 6.07 Å². The molecule has 1 saturated heterocycles. The third-order valence-electron chi connectivity index (χ3n) is 2.94. The normalized spacial score (nSPS) is 18.1. The van der Waals surface area contributed by atoms with Gasteiger partial charge >= 0.3 is 0 Å². The molecule has 0 aromatic carbocycles. The highest BCUT2D eigenvalue weighted by Gasteiger charge is 2.14. The van der Waals surface area contributed by atoms with Gasteiger partial charge in [0.15, 0.2) is 5.16 Å². The fourth-order valence-electron chi connectivity index (χ4n) is 1.96. The monoisotopic (exact) mass is 253 g/mol. The summed E-state index contributed by atoms with van der Waals surface area (Å²) in [6, 6.07) is 1.87. The maximum atomic E-state index is 5.81. The van der Waals surface area contributed by atoms with Crippen molar-refractivity contribution in [1.82, 2.24) is 14.9 Å². The summed E-state index contributed by atoms with van der Waals surface area (Å²) in [5.74, 6) is 1.51. The van der Waals surface area contributed by atoms with Gasteiger partial charge in [0.05, 0.1) is 0 Å². The summed E-state index contributed by atoms with van der Waals surface area (Å²) in [5, 5.41) is 0.748. The molecule has 5 nitrogen and oxygen atoms in total. The molecule has 2 N–H and O–H groups in total. The largest absolute Gasteiger partial charge is 0.383 e. The Balaban J connectivity index is 2.17. The van der Waals surface area contributed by atoms with Gasteiger partial charge in [-0.1, -0.05) is 11.8 Å². The van der Waals surface area contributed by atoms with Crippen molar-refractivity contribution < 1.29 is 0 Å². The molecule has 0 bridgehead atoms. The van der Waals surface area contributed by atoms with Crippen LogP contribution in [-0.4, -0.2) is 54.4 Å². The van der Waals surface area contributed by atoms with Crippen LogP contribution in [0.25, 0.3) is 0 Å². The van der Waals surface area contributed by atoms with E-state index in [4.69, 9.17) is 5.73 Å². The Morgan fingerprint density at radius 3 is 2.82 bits per heavy atom. The van der Waals surface area contributed by atoms with E-state index in [2.05, 4.69) is 26.8 Å². The molecular weight excluding hydrogens is 234 g/mol. The predicted octanol–water partition coefficient (Wildman–Crippen LogP) is 0.923. The molecule has 0 radical (unpaired) electrons. The predicted molar refractivity (Wildman–Crippen MR) is 72.6 cm³/mol. The average Bonchev–Trinajstić information content (AvgIpc) is 2.53. The van der Waals surface area contributed by atoms with Crippen LogP contribution in [0, 0.1) is 0 Å². The topological polar surface area (TPSA) is 58.3 Å². The van der Waals surface area contributed by atoms with E-state index in [9.17, 15) is 0 Å². The second-order valence-corrected chi connectivity index (χ2v) is 5.05. The molecule has 1 aromatic rings. The number of likely N-dealkylation sites (N-methyl/N-ethyl adjacent to an activating group) is 1. The van der Waals surface area contributed by atoms with Crippen LogP contribution >= 0.6 is 11.8 Å². The van der Waals surface area contributed by atoms with Gasteiger partial charge in [-0.25, -0.2) is 9.97 Å². The third kappa shape index (κ3) is 3.23.